The van der Waals surface area contributed by atoms with Crippen molar-refractivity contribution in [1.29, 1.82) is 0 Å². The molecule has 0 bridgehead atoms. The van der Waals surface area contributed by atoms with Crippen LogP contribution in [0.2, 0.25) is 0 Å². The molecule has 0 saturated heterocycles. The van der Waals surface area contributed by atoms with Gasteiger partial charge in [0.25, 0.3) is 0 Å². The predicted octanol–water partition coefficient (Wildman–Crippen LogP) is 2.78. The molecule has 3 aromatic rings. The number of oxazole rings is 1. The highest BCUT2D eigenvalue weighted by Crippen LogP contribution is 2.20. The maximum atomic E-state index is 12.4. The Labute approximate surface area is 145 Å². The van der Waals surface area contributed by atoms with E-state index in [-0.39, 0.29) is 12.3 Å². The molecule has 0 amide bonds. The number of aromatic nitrogens is 1. The summed E-state index contributed by atoms with van der Waals surface area (Å²) in [5.74, 6) is 0.0596. The fourth-order valence-corrected chi connectivity index (χ4v) is 3.95. The molecule has 0 fully saturated rings. The Morgan fingerprint density at radius 2 is 1.84 bits per heavy atom. The first kappa shape index (κ1) is 17.3. The fraction of sp³-hybridized carbons (Fsp3) is 0.278. The van der Waals surface area contributed by atoms with Gasteiger partial charge in [0.2, 0.25) is 0 Å². The number of hydrogen-bond donors (Lipinski definition) is 0. The molecule has 0 aliphatic carbocycles. The highest BCUT2D eigenvalue weighted by molar-refractivity contribution is 7.91. The van der Waals surface area contributed by atoms with Gasteiger partial charge in [-0.2, -0.15) is 0 Å². The second kappa shape index (κ2) is 6.76. The van der Waals surface area contributed by atoms with Gasteiger partial charge in [0.1, 0.15) is 5.75 Å². The van der Waals surface area contributed by atoms with E-state index >= 15 is 0 Å². The molecule has 3 rings (SSSR count). The van der Waals surface area contributed by atoms with Crippen LogP contribution in [0.3, 0.4) is 0 Å². The summed E-state index contributed by atoms with van der Waals surface area (Å²) in [5, 5.41) is 0. The lowest BCUT2D eigenvalue weighted by Crippen LogP contribution is -2.17. The molecule has 6 nitrogen and oxygen atoms in total. The van der Waals surface area contributed by atoms with Crippen molar-refractivity contribution in [3.05, 3.63) is 58.6 Å². The molecule has 1 aromatic heterocycles. The lowest BCUT2D eigenvalue weighted by Gasteiger charge is -2.06. The lowest BCUT2D eigenvalue weighted by atomic mass is 10.2. The van der Waals surface area contributed by atoms with Crippen LogP contribution in [0, 0.1) is 6.92 Å². The maximum absolute atomic E-state index is 12.4. The Morgan fingerprint density at radius 1 is 1.12 bits per heavy atom. The van der Waals surface area contributed by atoms with Gasteiger partial charge in [0.15, 0.2) is 15.4 Å². The number of methoxy groups -OCH3 is 1. The molecule has 7 heteroatoms. The number of nitrogens with zero attached hydrogens (tertiary/aromatic N) is 1. The lowest BCUT2D eigenvalue weighted by molar-refractivity contribution is 0.415. The number of fused-ring (bicyclic) bond motifs is 1. The van der Waals surface area contributed by atoms with E-state index in [1.807, 2.05) is 6.92 Å². The number of ether oxygens (including phenoxy) is 1. The smallest absolute Gasteiger partial charge is 0.419 e. The van der Waals surface area contributed by atoms with Crippen LogP contribution in [-0.4, -0.2) is 25.8 Å². The van der Waals surface area contributed by atoms with Gasteiger partial charge in [-0.1, -0.05) is 17.7 Å². The summed E-state index contributed by atoms with van der Waals surface area (Å²) in [6, 6.07) is 11.8. The van der Waals surface area contributed by atoms with Crippen LogP contribution in [0.15, 0.2) is 56.6 Å². The molecule has 2 aromatic carbocycles. The number of sulfone groups is 1. The van der Waals surface area contributed by atoms with Gasteiger partial charge in [-0.05, 0) is 37.6 Å². The Balaban J connectivity index is 1.78. The summed E-state index contributed by atoms with van der Waals surface area (Å²) < 4.78 is 36.6. The first-order valence-corrected chi connectivity index (χ1v) is 9.53. The number of benzene rings is 2. The average molecular weight is 361 g/mol. The highest BCUT2D eigenvalue weighted by Gasteiger charge is 2.15. The van der Waals surface area contributed by atoms with E-state index < -0.39 is 15.6 Å². The first-order valence-electron chi connectivity index (χ1n) is 7.87. The van der Waals surface area contributed by atoms with Crippen molar-refractivity contribution in [2.75, 3.05) is 12.9 Å². The fourth-order valence-electron chi connectivity index (χ4n) is 2.66. The quantitative estimate of drug-likeness (QED) is 0.675. The van der Waals surface area contributed by atoms with Crippen molar-refractivity contribution < 1.29 is 17.6 Å². The zero-order chi connectivity index (χ0) is 18.0. The van der Waals surface area contributed by atoms with Crippen LogP contribution in [0.4, 0.5) is 0 Å². The summed E-state index contributed by atoms with van der Waals surface area (Å²) in [6.07, 6.45) is 0.307. The third kappa shape index (κ3) is 3.61. The minimum absolute atomic E-state index is 0.0425. The van der Waals surface area contributed by atoms with Gasteiger partial charge in [-0.25, -0.2) is 13.2 Å². The molecular formula is C18H19NO5S. The van der Waals surface area contributed by atoms with E-state index in [4.69, 9.17) is 9.15 Å². The Kier molecular flexibility index (Phi) is 4.67. The normalized spacial score (nSPS) is 11.8. The molecule has 0 unspecified atom stereocenters. The largest absolute Gasteiger partial charge is 0.497 e. The van der Waals surface area contributed by atoms with Crippen molar-refractivity contribution in [2.45, 2.75) is 24.8 Å². The molecule has 0 aliphatic heterocycles. The molecule has 0 N–H and O–H groups in total. The van der Waals surface area contributed by atoms with E-state index in [9.17, 15) is 13.2 Å². The van der Waals surface area contributed by atoms with Crippen LogP contribution in [-0.2, 0) is 16.4 Å². The van der Waals surface area contributed by atoms with Gasteiger partial charge >= 0.3 is 5.76 Å². The first-order chi connectivity index (χ1) is 11.9. The minimum atomic E-state index is -3.38. The minimum Gasteiger partial charge on any atom is -0.497 e. The Morgan fingerprint density at radius 3 is 2.52 bits per heavy atom. The summed E-state index contributed by atoms with van der Waals surface area (Å²) >= 11 is 0. The molecule has 0 radical (unpaired) electrons. The second-order valence-corrected chi connectivity index (χ2v) is 7.95. The van der Waals surface area contributed by atoms with Crippen LogP contribution in [0.5, 0.6) is 5.75 Å². The molecule has 1 heterocycles. The molecule has 0 spiro atoms. The van der Waals surface area contributed by atoms with Gasteiger partial charge in [-0.3, -0.25) is 4.57 Å². The van der Waals surface area contributed by atoms with Crippen molar-refractivity contribution in [2.24, 2.45) is 0 Å². The topological polar surface area (TPSA) is 78.5 Å². The number of aryl methyl sites for hydroxylation is 2. The maximum Gasteiger partial charge on any atom is 0.419 e. The van der Waals surface area contributed by atoms with Gasteiger partial charge in [0.05, 0.1) is 23.3 Å². The highest BCUT2D eigenvalue weighted by atomic mass is 32.2. The second-order valence-electron chi connectivity index (χ2n) is 5.84. The standard InChI is InChI=1S/C18H19NO5S/c1-13-4-7-15(8-5-13)25(21,22)11-3-10-19-16-12-14(23-2)6-9-17(16)24-18(19)20/h4-9,12H,3,10-11H2,1-2H3. The van der Waals surface area contributed by atoms with Crippen LogP contribution < -0.4 is 10.5 Å². The summed E-state index contributed by atoms with van der Waals surface area (Å²) in [6.45, 7) is 2.16. The van der Waals surface area contributed by atoms with Crippen molar-refractivity contribution in [3.63, 3.8) is 0 Å². The Hall–Kier alpha value is -2.54. The van der Waals surface area contributed by atoms with Gasteiger partial charge in [-0.15, -0.1) is 0 Å². The average Bonchev–Trinajstić information content (AvgIpc) is 2.90. The van der Waals surface area contributed by atoms with Crippen molar-refractivity contribution in [3.8, 4) is 5.75 Å². The van der Waals surface area contributed by atoms with Crippen LogP contribution >= 0.6 is 0 Å². The van der Waals surface area contributed by atoms with E-state index in [0.29, 0.717) is 28.2 Å². The van der Waals surface area contributed by atoms with Gasteiger partial charge in [0, 0.05) is 12.6 Å². The SMILES string of the molecule is COc1ccc2oc(=O)n(CCCS(=O)(=O)c3ccc(C)cc3)c2c1. The third-order valence-corrected chi connectivity index (χ3v) is 5.87. The van der Waals surface area contributed by atoms with Crippen molar-refractivity contribution >= 4 is 20.9 Å². The molecule has 0 aliphatic rings. The summed E-state index contributed by atoms with van der Waals surface area (Å²) in [4.78, 5) is 12.3. The van der Waals surface area contributed by atoms with E-state index in [2.05, 4.69) is 0 Å². The number of hydrogen-bond acceptors (Lipinski definition) is 5. The zero-order valence-electron chi connectivity index (χ0n) is 14.1. The Bertz CT molecular complexity index is 1050. The molecule has 0 atom stereocenters. The summed E-state index contributed by atoms with van der Waals surface area (Å²) in [5.41, 5.74) is 2.05. The predicted molar refractivity (Wildman–Crippen MR) is 94.9 cm³/mol. The molecule has 132 valence electrons. The zero-order valence-corrected chi connectivity index (χ0v) is 14.9. The monoisotopic (exact) mass is 361 g/mol. The molecule has 25 heavy (non-hydrogen) atoms. The molecule has 0 saturated carbocycles. The molecular weight excluding hydrogens is 342 g/mol. The third-order valence-electron chi connectivity index (χ3n) is 4.05. The summed E-state index contributed by atoms with van der Waals surface area (Å²) in [7, 11) is -1.84. The number of rotatable bonds is 6. The van der Waals surface area contributed by atoms with E-state index in [1.54, 1.807) is 42.5 Å². The van der Waals surface area contributed by atoms with E-state index in [1.165, 1.54) is 11.7 Å². The van der Waals surface area contributed by atoms with Crippen LogP contribution in [0.25, 0.3) is 11.1 Å². The van der Waals surface area contributed by atoms with Gasteiger partial charge < -0.3 is 9.15 Å². The van der Waals surface area contributed by atoms with Crippen molar-refractivity contribution in [1.82, 2.24) is 4.57 Å². The van der Waals surface area contributed by atoms with E-state index in [0.717, 1.165) is 5.56 Å². The van der Waals surface area contributed by atoms with Crippen LogP contribution in [0.1, 0.15) is 12.0 Å².